The van der Waals surface area contributed by atoms with Gasteiger partial charge in [-0.2, -0.15) is 0 Å². The number of carbonyl (C=O) groups excluding carboxylic acids is 2. The number of hydrogen-bond acceptors (Lipinski definition) is 4. The van der Waals surface area contributed by atoms with Crippen LogP contribution in [0.25, 0.3) is 0 Å². The average molecular weight is 335 g/mol. The molecule has 0 spiro atoms. The molecule has 0 aliphatic heterocycles. The molecule has 2 aliphatic carbocycles. The first-order chi connectivity index (χ1) is 10.8. The van der Waals surface area contributed by atoms with Crippen LogP contribution in [-0.4, -0.2) is 20.1 Å². The van der Waals surface area contributed by atoms with Crippen LogP contribution < -0.4 is 4.72 Å². The number of ketones is 1. The van der Waals surface area contributed by atoms with Gasteiger partial charge in [-0.3, -0.25) is 9.59 Å². The van der Waals surface area contributed by atoms with E-state index in [1.807, 2.05) is 0 Å². The minimum absolute atomic E-state index is 0.0495. The number of hydrogen-bond donors (Lipinski definition) is 1. The highest BCUT2D eigenvalue weighted by Crippen LogP contribution is 2.49. The Balaban J connectivity index is 1.67. The van der Waals surface area contributed by atoms with Crippen molar-refractivity contribution < 1.29 is 18.0 Å². The van der Waals surface area contributed by atoms with Gasteiger partial charge in [0.25, 0.3) is 10.0 Å². The molecule has 1 N–H and O–H groups in total. The zero-order chi connectivity index (χ0) is 16.6. The number of fused-ring (bicyclic) bond motifs is 2. The van der Waals surface area contributed by atoms with E-state index in [0.29, 0.717) is 17.4 Å². The van der Waals surface area contributed by atoms with Crippen molar-refractivity contribution in [2.45, 2.75) is 43.9 Å². The van der Waals surface area contributed by atoms with Crippen molar-refractivity contribution in [3.63, 3.8) is 0 Å². The number of carbonyl (C=O) groups is 2. The average Bonchev–Trinajstić information content (AvgIpc) is 3.09. The van der Waals surface area contributed by atoms with Crippen LogP contribution >= 0.6 is 0 Å². The van der Waals surface area contributed by atoms with Crippen molar-refractivity contribution in [3.8, 4) is 0 Å². The van der Waals surface area contributed by atoms with E-state index in [1.54, 1.807) is 6.07 Å². The van der Waals surface area contributed by atoms with Crippen LogP contribution in [0.15, 0.2) is 29.2 Å². The maximum Gasteiger partial charge on any atom is 0.264 e. The monoisotopic (exact) mass is 335 g/mol. The van der Waals surface area contributed by atoms with Crippen LogP contribution in [0.4, 0.5) is 0 Å². The molecular formula is C17H21NO4S. The van der Waals surface area contributed by atoms with Crippen LogP contribution in [-0.2, 0) is 14.8 Å². The molecule has 0 radical (unpaired) electrons. The van der Waals surface area contributed by atoms with Gasteiger partial charge in [0.15, 0.2) is 5.78 Å². The second-order valence-corrected chi connectivity index (χ2v) is 8.43. The summed E-state index contributed by atoms with van der Waals surface area (Å²) in [5.41, 5.74) is 0.313. The maximum absolute atomic E-state index is 12.3. The third-order valence-corrected chi connectivity index (χ3v) is 6.50. The number of Topliss-reactive ketones (excluding diaryl/α,β-unsaturated/α-hetero) is 1. The second kappa shape index (κ2) is 6.07. The summed E-state index contributed by atoms with van der Waals surface area (Å²) in [7, 11) is -3.92. The van der Waals surface area contributed by atoms with Crippen molar-refractivity contribution >= 4 is 21.7 Å². The predicted molar refractivity (Wildman–Crippen MR) is 85.3 cm³/mol. The van der Waals surface area contributed by atoms with E-state index < -0.39 is 15.9 Å². The molecule has 2 bridgehead atoms. The first-order valence-corrected chi connectivity index (χ1v) is 9.50. The Morgan fingerprint density at radius 3 is 2.61 bits per heavy atom. The fourth-order valence-corrected chi connectivity index (χ4v) is 5.04. The summed E-state index contributed by atoms with van der Waals surface area (Å²) in [5.74, 6) is 0.954. The lowest BCUT2D eigenvalue weighted by Gasteiger charge is -2.20. The molecule has 23 heavy (non-hydrogen) atoms. The van der Waals surface area contributed by atoms with E-state index >= 15 is 0 Å². The Hall–Kier alpha value is -1.69. The summed E-state index contributed by atoms with van der Waals surface area (Å²) in [6.45, 7) is 1.37. The Labute approximate surface area is 136 Å². The molecule has 0 saturated heterocycles. The fraction of sp³-hybridized carbons (Fsp3) is 0.529. The summed E-state index contributed by atoms with van der Waals surface area (Å²) in [5, 5.41) is 0. The van der Waals surface area contributed by atoms with Crippen LogP contribution in [0, 0.1) is 17.8 Å². The van der Waals surface area contributed by atoms with Crippen molar-refractivity contribution in [3.05, 3.63) is 29.8 Å². The molecule has 124 valence electrons. The van der Waals surface area contributed by atoms with Crippen molar-refractivity contribution in [2.75, 3.05) is 0 Å². The third-order valence-electron chi connectivity index (χ3n) is 5.13. The molecule has 0 aromatic heterocycles. The summed E-state index contributed by atoms with van der Waals surface area (Å²) < 4.78 is 26.8. The molecule has 1 amide bonds. The highest BCUT2D eigenvalue weighted by molar-refractivity contribution is 7.90. The lowest BCUT2D eigenvalue weighted by atomic mass is 9.86. The van der Waals surface area contributed by atoms with Gasteiger partial charge in [0.1, 0.15) is 0 Å². The van der Waals surface area contributed by atoms with E-state index in [0.717, 1.165) is 18.8 Å². The van der Waals surface area contributed by atoms with Gasteiger partial charge in [-0.15, -0.1) is 0 Å². The second-order valence-electron chi connectivity index (χ2n) is 6.75. The minimum Gasteiger partial charge on any atom is -0.295 e. The highest BCUT2D eigenvalue weighted by atomic mass is 32.2. The summed E-state index contributed by atoms with van der Waals surface area (Å²) in [6, 6.07) is 5.75. The Morgan fingerprint density at radius 1 is 1.22 bits per heavy atom. The van der Waals surface area contributed by atoms with Gasteiger partial charge in [0.2, 0.25) is 5.91 Å². The lowest BCUT2D eigenvalue weighted by molar-refractivity contribution is -0.120. The molecule has 3 unspecified atom stereocenters. The van der Waals surface area contributed by atoms with Gasteiger partial charge in [-0.25, -0.2) is 13.1 Å². The smallest absolute Gasteiger partial charge is 0.264 e. The van der Waals surface area contributed by atoms with Gasteiger partial charge in [0, 0.05) is 12.0 Å². The van der Waals surface area contributed by atoms with Gasteiger partial charge in [-0.1, -0.05) is 18.6 Å². The third kappa shape index (κ3) is 3.47. The molecule has 1 aromatic carbocycles. The van der Waals surface area contributed by atoms with E-state index in [-0.39, 0.29) is 17.1 Å². The van der Waals surface area contributed by atoms with Crippen LogP contribution in [0.3, 0.4) is 0 Å². The molecule has 2 fully saturated rings. The number of rotatable bonds is 5. The van der Waals surface area contributed by atoms with E-state index in [9.17, 15) is 18.0 Å². The molecule has 3 atom stereocenters. The molecule has 1 aromatic rings. The zero-order valence-electron chi connectivity index (χ0n) is 13.1. The zero-order valence-corrected chi connectivity index (χ0v) is 13.9. The SMILES string of the molecule is CC(=O)c1cccc(S(=O)(=O)NC(=O)CC2CC3CCC2C3)c1. The standard InChI is InChI=1S/C17H21NO4S/c1-11(19)13-3-2-4-16(9-13)23(21,22)18-17(20)10-15-8-12-5-6-14(15)7-12/h2-4,9,12,14-15H,5-8,10H2,1H3,(H,18,20). The molecule has 5 nitrogen and oxygen atoms in total. The van der Waals surface area contributed by atoms with Crippen LogP contribution in [0.5, 0.6) is 0 Å². The Kier molecular flexibility index (Phi) is 4.27. The fourth-order valence-electron chi connectivity index (χ4n) is 4.00. The van der Waals surface area contributed by atoms with Crippen LogP contribution in [0.2, 0.25) is 0 Å². The number of amides is 1. The molecule has 2 aliphatic rings. The van der Waals surface area contributed by atoms with E-state index in [1.165, 1.54) is 38.0 Å². The quantitative estimate of drug-likeness (QED) is 0.839. The number of nitrogens with one attached hydrogen (secondary N) is 1. The molecular weight excluding hydrogens is 314 g/mol. The number of benzene rings is 1. The van der Waals surface area contributed by atoms with Gasteiger partial charge < -0.3 is 0 Å². The first kappa shape index (κ1) is 16.2. The van der Waals surface area contributed by atoms with Crippen molar-refractivity contribution in [1.82, 2.24) is 4.72 Å². The largest absolute Gasteiger partial charge is 0.295 e. The highest BCUT2D eigenvalue weighted by Gasteiger charge is 2.40. The lowest BCUT2D eigenvalue weighted by Crippen LogP contribution is -2.32. The van der Waals surface area contributed by atoms with Crippen molar-refractivity contribution in [2.24, 2.45) is 17.8 Å². The topological polar surface area (TPSA) is 80.3 Å². The Morgan fingerprint density at radius 2 is 2.00 bits per heavy atom. The maximum atomic E-state index is 12.3. The molecule has 0 heterocycles. The van der Waals surface area contributed by atoms with Crippen molar-refractivity contribution in [1.29, 1.82) is 0 Å². The summed E-state index contributed by atoms with van der Waals surface area (Å²) >= 11 is 0. The van der Waals surface area contributed by atoms with Gasteiger partial charge in [-0.05, 0) is 56.1 Å². The summed E-state index contributed by atoms with van der Waals surface area (Å²) in [4.78, 5) is 23.4. The van der Waals surface area contributed by atoms with Crippen LogP contribution in [0.1, 0.15) is 49.4 Å². The molecule has 3 rings (SSSR count). The molecule has 6 heteroatoms. The Bertz CT molecular complexity index is 741. The molecule has 2 saturated carbocycles. The van der Waals surface area contributed by atoms with Gasteiger partial charge in [0.05, 0.1) is 4.90 Å². The minimum atomic E-state index is -3.92. The summed E-state index contributed by atoms with van der Waals surface area (Å²) in [6.07, 6.45) is 4.91. The number of sulfonamides is 1. The van der Waals surface area contributed by atoms with E-state index in [2.05, 4.69) is 4.72 Å². The normalized spacial score (nSPS) is 26.2. The van der Waals surface area contributed by atoms with Gasteiger partial charge >= 0.3 is 0 Å². The predicted octanol–water partition coefficient (Wildman–Crippen LogP) is 2.52. The van der Waals surface area contributed by atoms with E-state index in [4.69, 9.17) is 0 Å². The first-order valence-electron chi connectivity index (χ1n) is 8.02.